The van der Waals surface area contributed by atoms with E-state index < -0.39 is 14.8 Å². The molecule has 0 heterocycles. The average Bonchev–Trinajstić information content (AvgIpc) is 1.65. The molecule has 0 rings (SSSR count). The lowest BCUT2D eigenvalue weighted by molar-refractivity contribution is 0.213. The fourth-order valence-corrected chi connectivity index (χ4v) is 0.456. The van der Waals surface area contributed by atoms with Gasteiger partial charge in [-0.2, -0.15) is 0 Å². The Balaban J connectivity index is 3.23. The summed E-state index contributed by atoms with van der Waals surface area (Å²) in [7, 11) is -2.34. The molecule has 4 N–H and O–H groups in total. The van der Waals surface area contributed by atoms with Crippen molar-refractivity contribution in [2.45, 2.75) is 6.23 Å². The molecule has 0 radical (unpaired) electrons. The van der Waals surface area contributed by atoms with Crippen LogP contribution < -0.4 is 5.73 Å². The molecule has 0 aliphatic carbocycles. The Hall–Kier alpha value is 0.0100. The highest BCUT2D eigenvalue weighted by Crippen LogP contribution is 2.25. The van der Waals surface area contributed by atoms with E-state index in [9.17, 15) is 0 Å². The van der Waals surface area contributed by atoms with Crippen molar-refractivity contribution in [2.75, 3.05) is 0 Å². The molecule has 0 fully saturated rings. The fraction of sp³-hybridized carbons (Fsp3) is 0.333. The first kappa shape index (κ1) is 8.01. The second-order valence-corrected chi connectivity index (χ2v) is 1.77. The molecule has 8 heavy (non-hydrogen) atoms. The summed E-state index contributed by atoms with van der Waals surface area (Å²) in [6.07, 6.45) is 0.484. The largest absolute Gasteiger partial charge is 0.328 e. The van der Waals surface area contributed by atoms with Crippen molar-refractivity contribution in [1.82, 2.24) is 0 Å². The van der Waals surface area contributed by atoms with Gasteiger partial charge in [0.05, 0.1) is 0 Å². The summed E-state index contributed by atoms with van der Waals surface area (Å²) >= 11 is 0. The van der Waals surface area contributed by atoms with Crippen molar-refractivity contribution >= 4 is 8.60 Å². The Morgan fingerprint density at radius 2 is 2.25 bits per heavy atom. The van der Waals surface area contributed by atoms with Crippen molar-refractivity contribution in [1.29, 1.82) is 0 Å². The van der Waals surface area contributed by atoms with E-state index in [0.717, 1.165) is 0 Å². The molecule has 0 aliphatic heterocycles. The van der Waals surface area contributed by atoms with Gasteiger partial charge in [0.25, 0.3) is 0 Å². The average molecular weight is 137 g/mol. The first-order chi connectivity index (χ1) is 3.66. The zero-order valence-corrected chi connectivity index (χ0v) is 5.08. The highest BCUT2D eigenvalue weighted by atomic mass is 31.2. The molecule has 1 unspecified atom stereocenters. The molecular formula is C3H8NO3P. The summed E-state index contributed by atoms with van der Waals surface area (Å²) in [6.45, 7) is 3.25. The van der Waals surface area contributed by atoms with E-state index in [0.29, 0.717) is 0 Å². The van der Waals surface area contributed by atoms with E-state index in [1.165, 1.54) is 6.08 Å². The van der Waals surface area contributed by atoms with Gasteiger partial charge in [0, 0.05) is 0 Å². The zero-order chi connectivity index (χ0) is 6.57. The number of hydrogen-bond donors (Lipinski definition) is 3. The molecule has 5 heteroatoms. The molecule has 0 aromatic rings. The molecule has 0 amide bonds. The van der Waals surface area contributed by atoms with Crippen LogP contribution >= 0.6 is 8.60 Å². The third-order valence-electron chi connectivity index (χ3n) is 0.448. The van der Waals surface area contributed by atoms with Crippen LogP contribution in [0.3, 0.4) is 0 Å². The van der Waals surface area contributed by atoms with Gasteiger partial charge < -0.3 is 15.5 Å². The molecule has 0 aromatic heterocycles. The quantitative estimate of drug-likeness (QED) is 0.283. The third kappa shape index (κ3) is 4.18. The maximum absolute atomic E-state index is 8.12. The Kier molecular flexibility index (Phi) is 3.95. The topological polar surface area (TPSA) is 75.7 Å². The number of nitrogens with two attached hydrogens (primary N) is 1. The van der Waals surface area contributed by atoms with Gasteiger partial charge in [-0.3, -0.25) is 4.52 Å². The van der Waals surface area contributed by atoms with E-state index >= 15 is 0 Å². The molecule has 0 spiro atoms. The van der Waals surface area contributed by atoms with Crippen LogP contribution in [0, 0.1) is 0 Å². The van der Waals surface area contributed by atoms with Gasteiger partial charge in [0.15, 0.2) is 0 Å². The van der Waals surface area contributed by atoms with Gasteiger partial charge in [-0.25, -0.2) is 0 Å². The van der Waals surface area contributed by atoms with Crippen LogP contribution in [0.5, 0.6) is 0 Å². The van der Waals surface area contributed by atoms with Crippen molar-refractivity contribution in [3.8, 4) is 0 Å². The van der Waals surface area contributed by atoms with Crippen LogP contribution in [0.25, 0.3) is 0 Å². The highest BCUT2D eigenvalue weighted by molar-refractivity contribution is 7.39. The Morgan fingerprint density at radius 3 is 2.38 bits per heavy atom. The number of rotatable bonds is 3. The van der Waals surface area contributed by atoms with Crippen LogP contribution in [0.1, 0.15) is 0 Å². The van der Waals surface area contributed by atoms with E-state index in [-0.39, 0.29) is 0 Å². The van der Waals surface area contributed by atoms with E-state index in [2.05, 4.69) is 11.1 Å². The second kappa shape index (κ2) is 3.95. The minimum Gasteiger partial charge on any atom is -0.328 e. The summed E-state index contributed by atoms with van der Waals surface area (Å²) < 4.78 is 4.23. The summed E-state index contributed by atoms with van der Waals surface area (Å²) in [6, 6.07) is 0. The monoisotopic (exact) mass is 137 g/mol. The smallest absolute Gasteiger partial charge is 0.328 e. The minimum absolute atomic E-state index is 0.781. The van der Waals surface area contributed by atoms with Crippen molar-refractivity contribution in [3.05, 3.63) is 12.7 Å². The van der Waals surface area contributed by atoms with E-state index in [4.69, 9.17) is 15.5 Å². The molecule has 0 aromatic carbocycles. The maximum atomic E-state index is 8.12. The van der Waals surface area contributed by atoms with Gasteiger partial charge in [0.1, 0.15) is 6.23 Å². The van der Waals surface area contributed by atoms with Gasteiger partial charge >= 0.3 is 8.60 Å². The van der Waals surface area contributed by atoms with Crippen LogP contribution in [-0.2, 0) is 4.52 Å². The van der Waals surface area contributed by atoms with Crippen LogP contribution in [0.4, 0.5) is 0 Å². The Bertz CT molecular complexity index is 76.9. The SMILES string of the molecule is C=CC(N)OP(O)O. The summed E-state index contributed by atoms with van der Waals surface area (Å²) in [5.74, 6) is 0. The zero-order valence-electron chi connectivity index (χ0n) is 4.19. The molecule has 0 saturated carbocycles. The summed E-state index contributed by atoms with van der Waals surface area (Å²) in [5, 5.41) is 0. The van der Waals surface area contributed by atoms with Crippen LogP contribution in [-0.4, -0.2) is 16.0 Å². The normalized spacial score (nSPS) is 14.0. The second-order valence-electron chi connectivity index (χ2n) is 1.06. The summed E-state index contributed by atoms with van der Waals surface area (Å²) in [5.41, 5.74) is 5.03. The van der Waals surface area contributed by atoms with Crippen molar-refractivity contribution < 1.29 is 14.3 Å². The van der Waals surface area contributed by atoms with Gasteiger partial charge in [-0.15, -0.1) is 0 Å². The van der Waals surface area contributed by atoms with Gasteiger partial charge in [0.2, 0.25) is 0 Å². The predicted octanol–water partition coefficient (Wildman–Crippen LogP) is -0.315. The molecule has 0 bridgehead atoms. The van der Waals surface area contributed by atoms with Crippen LogP contribution in [0.15, 0.2) is 12.7 Å². The lowest BCUT2D eigenvalue weighted by Crippen LogP contribution is -2.17. The van der Waals surface area contributed by atoms with Gasteiger partial charge in [-0.05, 0) is 6.08 Å². The molecule has 48 valence electrons. The Labute approximate surface area is 48.6 Å². The van der Waals surface area contributed by atoms with Crippen molar-refractivity contribution in [2.24, 2.45) is 5.73 Å². The minimum atomic E-state index is -2.34. The Morgan fingerprint density at radius 1 is 1.75 bits per heavy atom. The molecular weight excluding hydrogens is 129 g/mol. The number of hydrogen-bond acceptors (Lipinski definition) is 4. The lowest BCUT2D eigenvalue weighted by atomic mass is 10.6. The first-order valence-corrected chi connectivity index (χ1v) is 3.06. The highest BCUT2D eigenvalue weighted by Gasteiger charge is 2.02. The first-order valence-electron chi connectivity index (χ1n) is 1.89. The molecule has 0 saturated heterocycles. The molecule has 4 nitrogen and oxygen atoms in total. The summed E-state index contributed by atoms with van der Waals surface area (Å²) in [4.78, 5) is 16.2. The fourth-order valence-electron chi connectivity index (χ4n) is 0.152. The van der Waals surface area contributed by atoms with E-state index in [1.807, 2.05) is 0 Å². The van der Waals surface area contributed by atoms with Crippen molar-refractivity contribution in [3.63, 3.8) is 0 Å². The third-order valence-corrected chi connectivity index (χ3v) is 0.880. The molecule has 1 atom stereocenters. The van der Waals surface area contributed by atoms with E-state index in [1.54, 1.807) is 0 Å². The predicted molar refractivity (Wildman–Crippen MR) is 30.6 cm³/mol. The molecule has 0 aliphatic rings. The van der Waals surface area contributed by atoms with Gasteiger partial charge in [-0.1, -0.05) is 6.58 Å². The maximum Gasteiger partial charge on any atom is 0.328 e. The standard InChI is InChI=1S/C3H8NO3P/c1-2-3(4)7-8(5)6/h2-3,5-6H,1,4H2. The lowest BCUT2D eigenvalue weighted by Gasteiger charge is -2.06. The van der Waals surface area contributed by atoms with Crippen LogP contribution in [0.2, 0.25) is 0 Å².